The van der Waals surface area contributed by atoms with Gasteiger partial charge < -0.3 is 20.3 Å². The van der Waals surface area contributed by atoms with Crippen LogP contribution in [0.1, 0.15) is 48.5 Å². The second-order valence-electron chi connectivity index (χ2n) is 8.30. The zero-order chi connectivity index (χ0) is 19.7. The highest BCUT2D eigenvalue weighted by Gasteiger charge is 2.41. The fourth-order valence-corrected chi connectivity index (χ4v) is 4.99. The van der Waals surface area contributed by atoms with Crippen molar-refractivity contribution >= 4 is 22.6 Å². The normalized spacial score (nSPS) is 26.8. The number of carboxylic acid groups (broad SMARTS) is 1. The maximum Gasteiger partial charge on any atom is 0.341 e. The van der Waals surface area contributed by atoms with Crippen molar-refractivity contribution in [3.05, 3.63) is 39.7 Å². The van der Waals surface area contributed by atoms with Gasteiger partial charge in [-0.15, -0.1) is 0 Å². The van der Waals surface area contributed by atoms with Gasteiger partial charge in [0.25, 0.3) is 0 Å². The minimum Gasteiger partial charge on any atom is -0.477 e. The molecule has 1 aromatic carbocycles. The van der Waals surface area contributed by atoms with E-state index in [2.05, 4.69) is 0 Å². The number of pyridine rings is 1. The first-order chi connectivity index (χ1) is 13.4. The third-order valence-corrected chi connectivity index (χ3v) is 6.47. The molecule has 0 radical (unpaired) electrons. The summed E-state index contributed by atoms with van der Waals surface area (Å²) in [6, 6.07) is 0.650. The van der Waals surface area contributed by atoms with Crippen LogP contribution in [0.2, 0.25) is 0 Å². The number of carboxylic acids is 1. The first-order valence-electron chi connectivity index (χ1n) is 9.69. The molecular formula is C20H21F2N3O3. The van der Waals surface area contributed by atoms with E-state index < -0.39 is 28.6 Å². The molecule has 6 rings (SSSR count). The summed E-state index contributed by atoms with van der Waals surface area (Å²) >= 11 is 0. The molecule has 0 amide bonds. The van der Waals surface area contributed by atoms with E-state index in [-0.39, 0.29) is 34.7 Å². The number of aromatic carboxylic acids is 1. The Morgan fingerprint density at radius 1 is 1.21 bits per heavy atom. The van der Waals surface area contributed by atoms with E-state index >= 15 is 8.78 Å². The summed E-state index contributed by atoms with van der Waals surface area (Å²) < 4.78 is 32.3. The van der Waals surface area contributed by atoms with Crippen molar-refractivity contribution in [1.82, 2.24) is 4.57 Å². The Morgan fingerprint density at radius 2 is 1.96 bits per heavy atom. The van der Waals surface area contributed by atoms with Gasteiger partial charge in [-0.2, -0.15) is 0 Å². The molecule has 3 heterocycles. The minimum atomic E-state index is -1.40. The van der Waals surface area contributed by atoms with Gasteiger partial charge in [0.2, 0.25) is 5.43 Å². The Balaban J connectivity index is 1.77. The average molecular weight is 389 g/mol. The molecule has 2 saturated carbocycles. The molecule has 6 nitrogen and oxygen atoms in total. The van der Waals surface area contributed by atoms with Gasteiger partial charge in [-0.05, 0) is 44.1 Å². The zero-order valence-electron chi connectivity index (χ0n) is 15.2. The van der Waals surface area contributed by atoms with E-state index in [1.165, 1.54) is 10.8 Å². The van der Waals surface area contributed by atoms with Gasteiger partial charge in [-0.1, -0.05) is 0 Å². The number of nitrogens with zero attached hydrogens (tertiary/aromatic N) is 2. The van der Waals surface area contributed by atoms with Crippen LogP contribution < -0.4 is 16.1 Å². The summed E-state index contributed by atoms with van der Waals surface area (Å²) in [5.41, 5.74) is 4.74. The summed E-state index contributed by atoms with van der Waals surface area (Å²) in [5, 5.41) is 9.10. The Bertz CT molecular complexity index is 1060. The Kier molecular flexibility index (Phi) is 3.78. The lowest BCUT2D eigenvalue weighted by Gasteiger charge is -2.50. The third kappa shape index (κ3) is 2.47. The molecule has 3 atom stereocenters. The first-order valence-corrected chi connectivity index (χ1v) is 9.69. The van der Waals surface area contributed by atoms with Gasteiger partial charge in [-0.3, -0.25) is 4.79 Å². The molecule has 2 saturated heterocycles. The molecule has 4 fully saturated rings. The lowest BCUT2D eigenvalue weighted by molar-refractivity contribution is 0.0694. The van der Waals surface area contributed by atoms with Gasteiger partial charge in [0.15, 0.2) is 5.82 Å². The highest BCUT2D eigenvalue weighted by molar-refractivity contribution is 5.94. The van der Waals surface area contributed by atoms with Crippen molar-refractivity contribution in [2.75, 3.05) is 11.4 Å². The number of fused-ring (bicyclic) bond motifs is 4. The number of hydrogen-bond donors (Lipinski definition) is 2. The smallest absolute Gasteiger partial charge is 0.341 e. The maximum atomic E-state index is 15.7. The van der Waals surface area contributed by atoms with Crippen LogP contribution in [0.4, 0.5) is 14.5 Å². The van der Waals surface area contributed by atoms with Crippen LogP contribution in [0.5, 0.6) is 0 Å². The number of hydrogen-bond acceptors (Lipinski definition) is 4. The lowest BCUT2D eigenvalue weighted by Crippen LogP contribution is -2.59. The van der Waals surface area contributed by atoms with Crippen molar-refractivity contribution in [2.45, 2.75) is 50.2 Å². The van der Waals surface area contributed by atoms with Crippen LogP contribution >= 0.6 is 0 Å². The molecule has 2 bridgehead atoms. The topological polar surface area (TPSA) is 88.6 Å². The van der Waals surface area contributed by atoms with Crippen LogP contribution in [0.15, 0.2) is 17.1 Å². The number of halogens is 2. The molecule has 3 unspecified atom stereocenters. The van der Waals surface area contributed by atoms with Crippen molar-refractivity contribution in [2.24, 2.45) is 11.7 Å². The zero-order valence-corrected chi connectivity index (χ0v) is 15.2. The number of benzene rings is 1. The maximum absolute atomic E-state index is 15.7. The number of carbonyl (C=O) groups is 1. The van der Waals surface area contributed by atoms with Crippen molar-refractivity contribution in [3.63, 3.8) is 0 Å². The highest BCUT2D eigenvalue weighted by atomic mass is 19.1. The van der Waals surface area contributed by atoms with Crippen LogP contribution in [0.25, 0.3) is 10.9 Å². The van der Waals surface area contributed by atoms with Gasteiger partial charge in [0.1, 0.15) is 17.1 Å². The number of piperidine rings is 2. The summed E-state index contributed by atoms with van der Waals surface area (Å²) in [5.74, 6) is -2.73. The first kappa shape index (κ1) is 17.6. The van der Waals surface area contributed by atoms with E-state index in [1.807, 2.05) is 0 Å². The minimum absolute atomic E-state index is 0.0103. The summed E-state index contributed by atoms with van der Waals surface area (Å²) in [6.45, 7) is 0.540. The quantitative estimate of drug-likeness (QED) is 0.843. The molecule has 148 valence electrons. The molecule has 8 heteroatoms. The molecule has 2 aliphatic heterocycles. The largest absolute Gasteiger partial charge is 0.477 e. The van der Waals surface area contributed by atoms with E-state index in [1.54, 1.807) is 4.90 Å². The summed E-state index contributed by atoms with van der Waals surface area (Å²) in [4.78, 5) is 25.7. The van der Waals surface area contributed by atoms with Crippen molar-refractivity contribution in [1.29, 1.82) is 0 Å². The SMILES string of the molecule is NC1CC2CCC1N(c1c(F)cc3c(=O)c(C(=O)O)cn(C4CC4)c3c1F)C2. The predicted molar refractivity (Wildman–Crippen MR) is 99.8 cm³/mol. The van der Waals surface area contributed by atoms with Crippen LogP contribution in [0, 0.1) is 17.6 Å². The van der Waals surface area contributed by atoms with Gasteiger partial charge in [0.05, 0.1) is 10.9 Å². The number of rotatable bonds is 3. The molecular weight excluding hydrogens is 368 g/mol. The van der Waals surface area contributed by atoms with Gasteiger partial charge >= 0.3 is 5.97 Å². The molecule has 2 aliphatic carbocycles. The fourth-order valence-electron chi connectivity index (χ4n) is 4.99. The average Bonchev–Trinajstić information content (AvgIpc) is 3.47. The van der Waals surface area contributed by atoms with Gasteiger partial charge in [0, 0.05) is 30.9 Å². The number of aromatic nitrogens is 1. The molecule has 3 N–H and O–H groups in total. The third-order valence-electron chi connectivity index (χ3n) is 6.47. The summed E-state index contributed by atoms with van der Waals surface area (Å²) in [6.07, 6.45) is 5.37. The number of nitrogens with two attached hydrogens (primary N) is 1. The number of anilines is 1. The standard InChI is InChI=1S/C20H21F2N3O3/c21-13-6-11-17(24(10-2-3-10)8-12(19(11)26)20(27)28)16(22)18(13)25-7-9-1-4-15(25)14(23)5-9/h6,8-10,14-15H,1-5,7,23H2,(H,27,28). The molecule has 2 aromatic rings. The van der Waals surface area contributed by atoms with Crippen LogP contribution in [-0.4, -0.2) is 34.3 Å². The fraction of sp³-hybridized carbons (Fsp3) is 0.500. The molecule has 1 aromatic heterocycles. The van der Waals surface area contributed by atoms with Crippen molar-refractivity contribution < 1.29 is 18.7 Å². The second kappa shape index (κ2) is 6.01. The van der Waals surface area contributed by atoms with Crippen molar-refractivity contribution in [3.8, 4) is 0 Å². The van der Waals surface area contributed by atoms with Crippen LogP contribution in [0.3, 0.4) is 0 Å². The van der Waals surface area contributed by atoms with E-state index in [9.17, 15) is 14.7 Å². The van der Waals surface area contributed by atoms with Gasteiger partial charge in [-0.25, -0.2) is 13.6 Å². The molecule has 4 aliphatic rings. The summed E-state index contributed by atoms with van der Waals surface area (Å²) in [7, 11) is 0. The lowest BCUT2D eigenvalue weighted by atomic mass is 9.76. The Labute approximate surface area is 159 Å². The predicted octanol–water partition coefficient (Wildman–Crippen LogP) is 2.63. The highest BCUT2D eigenvalue weighted by Crippen LogP contribution is 2.43. The Hall–Kier alpha value is -2.48. The Morgan fingerprint density at radius 3 is 2.57 bits per heavy atom. The van der Waals surface area contributed by atoms with E-state index in [4.69, 9.17) is 5.73 Å². The van der Waals surface area contributed by atoms with E-state index in [0.717, 1.165) is 38.2 Å². The second-order valence-corrected chi connectivity index (χ2v) is 8.30. The molecule has 0 spiro atoms. The van der Waals surface area contributed by atoms with Crippen LogP contribution in [-0.2, 0) is 0 Å². The molecule has 28 heavy (non-hydrogen) atoms. The van der Waals surface area contributed by atoms with E-state index in [0.29, 0.717) is 12.5 Å². The monoisotopic (exact) mass is 389 g/mol.